The van der Waals surface area contributed by atoms with Gasteiger partial charge in [0.25, 0.3) is 0 Å². The molecule has 0 saturated carbocycles. The lowest BCUT2D eigenvalue weighted by molar-refractivity contribution is -0.133. The van der Waals surface area contributed by atoms with Crippen LogP contribution in [0, 0.1) is 0 Å². The number of rotatable bonds is 15. The minimum atomic E-state index is -0.272. The Morgan fingerprint density at radius 3 is 1.62 bits per heavy atom. The first-order chi connectivity index (χ1) is 25.7. The summed E-state index contributed by atoms with van der Waals surface area (Å²) in [6.45, 7) is 7.71. The van der Waals surface area contributed by atoms with Crippen molar-refractivity contribution in [3.8, 4) is 33.6 Å². The highest BCUT2D eigenvalue weighted by molar-refractivity contribution is 6.32. The molecule has 10 heteroatoms. The quantitative estimate of drug-likeness (QED) is 0.109. The lowest BCUT2D eigenvalue weighted by Crippen LogP contribution is -2.35. The van der Waals surface area contributed by atoms with Gasteiger partial charge in [0, 0.05) is 24.2 Å². The summed E-state index contributed by atoms with van der Waals surface area (Å²) in [5.41, 5.74) is 7.07. The van der Waals surface area contributed by atoms with Crippen LogP contribution < -0.4 is 0 Å². The first kappa shape index (κ1) is 37.6. The van der Waals surface area contributed by atoms with E-state index in [9.17, 15) is 9.59 Å². The highest BCUT2D eigenvalue weighted by Crippen LogP contribution is 2.33. The van der Waals surface area contributed by atoms with Gasteiger partial charge >= 0.3 is 0 Å². The number of aromatic amines is 2. The van der Waals surface area contributed by atoms with Crippen molar-refractivity contribution in [2.24, 2.45) is 0 Å². The molecular weight excluding hydrogens is 703 g/mol. The Morgan fingerprint density at radius 1 is 0.623 bits per heavy atom. The van der Waals surface area contributed by atoms with Crippen molar-refractivity contribution in [1.82, 2.24) is 29.7 Å². The summed E-state index contributed by atoms with van der Waals surface area (Å²) >= 11 is 13.3. The van der Waals surface area contributed by atoms with Crippen LogP contribution >= 0.6 is 23.2 Å². The SMILES string of the molecule is CCCN(Cc1nc(-c2ccc(-c3ccc(-c4nc(C(C)N(CCC)C(=O)Cc5ccccc5)[nH]c4Cl)cc3)cc2)c(Cl)[nH]1)C(=O)Cc1ccccc1. The Labute approximate surface area is 321 Å². The largest absolute Gasteiger partial charge is 0.335 e. The summed E-state index contributed by atoms with van der Waals surface area (Å²) in [4.78, 5) is 46.2. The van der Waals surface area contributed by atoms with Gasteiger partial charge < -0.3 is 19.8 Å². The third-order valence-electron chi connectivity index (χ3n) is 9.27. The summed E-state index contributed by atoms with van der Waals surface area (Å²) in [7, 11) is 0. The van der Waals surface area contributed by atoms with Gasteiger partial charge in [0.1, 0.15) is 33.3 Å². The van der Waals surface area contributed by atoms with E-state index in [4.69, 9.17) is 33.2 Å². The molecule has 2 amide bonds. The molecule has 2 N–H and O–H groups in total. The van der Waals surface area contributed by atoms with Crippen molar-refractivity contribution in [3.63, 3.8) is 0 Å². The number of carbonyl (C=O) groups is 2. The van der Waals surface area contributed by atoms with Gasteiger partial charge in [-0.2, -0.15) is 0 Å². The predicted molar refractivity (Wildman–Crippen MR) is 213 cm³/mol. The molecule has 6 rings (SSSR count). The molecule has 0 aliphatic carbocycles. The number of carbonyl (C=O) groups excluding carboxylic acids is 2. The number of nitrogens with one attached hydrogen (secondary N) is 2. The smallest absolute Gasteiger partial charge is 0.227 e. The fourth-order valence-electron chi connectivity index (χ4n) is 6.48. The molecule has 6 aromatic rings. The highest BCUT2D eigenvalue weighted by Gasteiger charge is 2.25. The van der Waals surface area contributed by atoms with Crippen molar-refractivity contribution < 1.29 is 9.59 Å². The second kappa shape index (κ2) is 17.6. The molecule has 2 aromatic heterocycles. The van der Waals surface area contributed by atoms with Crippen LogP contribution in [0.3, 0.4) is 0 Å². The average molecular weight is 748 g/mol. The number of hydrogen-bond donors (Lipinski definition) is 2. The summed E-state index contributed by atoms with van der Waals surface area (Å²) in [6.07, 6.45) is 2.35. The van der Waals surface area contributed by atoms with Crippen molar-refractivity contribution in [2.45, 2.75) is 59.0 Å². The number of benzene rings is 4. The standard InChI is InChI=1S/C43H44Cl2N6O2/c1-4-24-50(37(52)26-30-12-8-6-9-13-30)28-36-46-39(41(44)47-36)34-20-16-32(17-21-34)33-18-22-35(23-19-33)40-42(45)49-43(48-40)29(3)51(25-5-2)38(53)27-31-14-10-7-11-15-31/h6-23,29H,4-5,24-28H2,1-3H3,(H,46,47)(H,48,49). The molecule has 4 aromatic carbocycles. The van der Waals surface area contributed by atoms with E-state index < -0.39 is 0 Å². The Kier molecular flexibility index (Phi) is 12.4. The molecule has 0 bridgehead atoms. The molecule has 0 aliphatic heterocycles. The maximum atomic E-state index is 13.3. The topological polar surface area (TPSA) is 98.0 Å². The molecule has 0 saturated heterocycles. The maximum Gasteiger partial charge on any atom is 0.227 e. The third kappa shape index (κ3) is 9.25. The van der Waals surface area contributed by atoms with E-state index in [1.165, 1.54) is 0 Å². The number of H-pyrrole nitrogens is 2. The number of hydrogen-bond acceptors (Lipinski definition) is 4. The third-order valence-corrected chi connectivity index (χ3v) is 9.81. The van der Waals surface area contributed by atoms with E-state index in [1.54, 1.807) is 0 Å². The van der Waals surface area contributed by atoms with Gasteiger partial charge in [0.15, 0.2) is 0 Å². The van der Waals surface area contributed by atoms with Crippen LogP contribution in [0.2, 0.25) is 10.3 Å². The monoisotopic (exact) mass is 746 g/mol. The summed E-state index contributed by atoms with van der Waals surface area (Å²) in [5.74, 6) is 1.40. The minimum Gasteiger partial charge on any atom is -0.335 e. The van der Waals surface area contributed by atoms with Crippen molar-refractivity contribution in [2.75, 3.05) is 13.1 Å². The van der Waals surface area contributed by atoms with E-state index in [1.807, 2.05) is 126 Å². The van der Waals surface area contributed by atoms with Gasteiger partial charge in [-0.25, -0.2) is 9.97 Å². The van der Waals surface area contributed by atoms with Crippen molar-refractivity contribution in [1.29, 1.82) is 0 Å². The van der Waals surface area contributed by atoms with E-state index >= 15 is 0 Å². The molecule has 8 nitrogen and oxygen atoms in total. The van der Waals surface area contributed by atoms with E-state index in [0.29, 0.717) is 65.8 Å². The molecule has 272 valence electrons. The first-order valence-corrected chi connectivity index (χ1v) is 18.9. The van der Waals surface area contributed by atoms with Crippen LogP contribution in [-0.2, 0) is 29.0 Å². The Balaban J connectivity index is 1.12. The van der Waals surface area contributed by atoms with Crippen molar-refractivity contribution in [3.05, 3.63) is 142 Å². The Bertz CT molecular complexity index is 2110. The molecular formula is C43H44Cl2N6O2. The zero-order chi connectivity index (χ0) is 37.3. The molecule has 0 aliphatic rings. The first-order valence-electron chi connectivity index (χ1n) is 18.1. The highest BCUT2D eigenvalue weighted by atomic mass is 35.5. The minimum absolute atomic E-state index is 0.0506. The number of aromatic nitrogens is 4. The second-order valence-corrected chi connectivity index (χ2v) is 13.9. The molecule has 0 spiro atoms. The Morgan fingerprint density at radius 2 is 1.09 bits per heavy atom. The van der Waals surface area contributed by atoms with Gasteiger partial charge in [-0.15, -0.1) is 0 Å². The fourth-order valence-corrected chi connectivity index (χ4v) is 6.99. The summed E-state index contributed by atoms with van der Waals surface area (Å²) in [6, 6.07) is 35.4. The van der Waals surface area contributed by atoms with Gasteiger partial charge in [0.2, 0.25) is 11.8 Å². The molecule has 0 radical (unpaired) electrons. The van der Waals surface area contributed by atoms with Crippen LogP contribution in [0.4, 0.5) is 0 Å². The van der Waals surface area contributed by atoms with Crippen LogP contribution in [0.25, 0.3) is 33.6 Å². The van der Waals surface area contributed by atoms with Crippen LogP contribution in [0.15, 0.2) is 109 Å². The average Bonchev–Trinajstić information content (AvgIpc) is 3.75. The molecule has 2 heterocycles. The van der Waals surface area contributed by atoms with Crippen LogP contribution in [-0.4, -0.2) is 54.6 Å². The zero-order valence-electron chi connectivity index (χ0n) is 30.3. The number of amides is 2. The normalized spacial score (nSPS) is 11.7. The predicted octanol–water partition coefficient (Wildman–Crippen LogP) is 9.96. The van der Waals surface area contributed by atoms with Crippen LogP contribution in [0.1, 0.15) is 62.4 Å². The van der Waals surface area contributed by atoms with Gasteiger partial charge in [-0.05, 0) is 42.0 Å². The lowest BCUT2D eigenvalue weighted by Gasteiger charge is -2.28. The van der Waals surface area contributed by atoms with E-state index in [0.717, 1.165) is 46.2 Å². The summed E-state index contributed by atoms with van der Waals surface area (Å²) < 4.78 is 0. The molecule has 53 heavy (non-hydrogen) atoms. The van der Waals surface area contributed by atoms with E-state index in [-0.39, 0.29) is 17.9 Å². The molecule has 0 fully saturated rings. The molecule has 1 atom stereocenters. The van der Waals surface area contributed by atoms with Gasteiger partial charge in [0.05, 0.1) is 25.4 Å². The lowest BCUT2D eigenvalue weighted by atomic mass is 10.0. The van der Waals surface area contributed by atoms with Gasteiger partial charge in [-0.3, -0.25) is 9.59 Å². The van der Waals surface area contributed by atoms with Crippen molar-refractivity contribution >= 4 is 35.0 Å². The maximum absolute atomic E-state index is 13.3. The zero-order valence-corrected chi connectivity index (χ0v) is 31.8. The molecule has 1 unspecified atom stereocenters. The number of nitrogens with zero attached hydrogens (tertiary/aromatic N) is 4. The second-order valence-electron chi connectivity index (χ2n) is 13.2. The van der Waals surface area contributed by atoms with E-state index in [2.05, 4.69) is 23.8 Å². The van der Waals surface area contributed by atoms with Gasteiger partial charge in [-0.1, -0.05) is 146 Å². The fraction of sp³-hybridized carbons (Fsp3) is 0.256. The van der Waals surface area contributed by atoms with Crippen LogP contribution in [0.5, 0.6) is 0 Å². The number of halogens is 2. The number of imidazole rings is 2. The Hall–Kier alpha value is -5.18. The summed E-state index contributed by atoms with van der Waals surface area (Å²) in [5, 5.41) is 0.872.